The van der Waals surface area contributed by atoms with Crippen molar-refractivity contribution in [1.82, 2.24) is 0 Å². The Kier molecular flexibility index (Phi) is 1.71. The van der Waals surface area contributed by atoms with Crippen LogP contribution >= 0.6 is 0 Å². The van der Waals surface area contributed by atoms with Crippen LogP contribution in [0.3, 0.4) is 0 Å². The summed E-state index contributed by atoms with van der Waals surface area (Å²) in [6, 6.07) is 0. The highest BCUT2D eigenvalue weighted by Gasteiger charge is 2.44. The predicted molar refractivity (Wildman–Crippen MR) is 42.1 cm³/mol. The molecule has 12 heavy (non-hydrogen) atoms. The van der Waals surface area contributed by atoms with Crippen molar-refractivity contribution in [3.05, 3.63) is 11.1 Å². The molecule has 0 aliphatic carbocycles. The third kappa shape index (κ3) is 0.913. The molecular formula is C8H11NO3. The second-order valence-electron chi connectivity index (χ2n) is 3.04. The number of hydrogen-bond acceptors (Lipinski definition) is 3. The first-order valence-corrected chi connectivity index (χ1v) is 3.61. The molecule has 0 fully saturated rings. The van der Waals surface area contributed by atoms with Gasteiger partial charge < -0.3 is 10.5 Å². The molecule has 0 radical (unpaired) electrons. The standard InChI is InChI=1S/C8H11NO3/c1-4-5(2)8(3,7(9)11)12-6(4)10/h1-3H3,(H2,9,11)/t8-/m1/s1. The van der Waals surface area contributed by atoms with E-state index in [1.807, 2.05) is 0 Å². The molecule has 1 aliphatic rings. The lowest BCUT2D eigenvalue weighted by Gasteiger charge is -2.20. The van der Waals surface area contributed by atoms with Gasteiger partial charge in [-0.15, -0.1) is 0 Å². The highest BCUT2D eigenvalue weighted by Crippen LogP contribution is 2.31. The fourth-order valence-electron chi connectivity index (χ4n) is 1.08. The summed E-state index contributed by atoms with van der Waals surface area (Å²) in [4.78, 5) is 22.0. The van der Waals surface area contributed by atoms with E-state index < -0.39 is 17.5 Å². The van der Waals surface area contributed by atoms with Gasteiger partial charge in [0.05, 0.1) is 0 Å². The topological polar surface area (TPSA) is 69.4 Å². The van der Waals surface area contributed by atoms with Gasteiger partial charge in [0.15, 0.2) is 0 Å². The van der Waals surface area contributed by atoms with E-state index in [1.165, 1.54) is 6.92 Å². The Hall–Kier alpha value is -1.32. The molecule has 1 aliphatic heterocycles. The Morgan fingerprint density at radius 2 is 2.00 bits per heavy atom. The van der Waals surface area contributed by atoms with Crippen LogP contribution in [-0.2, 0) is 14.3 Å². The Labute approximate surface area is 70.4 Å². The molecule has 66 valence electrons. The SMILES string of the molecule is CC1=C(C)[C@](C)(C(N)=O)OC1=O. The van der Waals surface area contributed by atoms with Crippen molar-refractivity contribution in [3.8, 4) is 0 Å². The number of primary amides is 1. The molecular weight excluding hydrogens is 158 g/mol. The lowest BCUT2D eigenvalue weighted by molar-refractivity contribution is -0.154. The minimum Gasteiger partial charge on any atom is -0.441 e. The Morgan fingerprint density at radius 1 is 1.50 bits per heavy atom. The van der Waals surface area contributed by atoms with E-state index in [1.54, 1.807) is 13.8 Å². The normalized spacial score (nSPS) is 29.1. The molecule has 0 saturated heterocycles. The first-order valence-electron chi connectivity index (χ1n) is 3.61. The van der Waals surface area contributed by atoms with Crippen molar-refractivity contribution >= 4 is 11.9 Å². The van der Waals surface area contributed by atoms with Crippen molar-refractivity contribution in [1.29, 1.82) is 0 Å². The Morgan fingerprint density at radius 3 is 2.17 bits per heavy atom. The number of cyclic esters (lactones) is 1. The van der Waals surface area contributed by atoms with Crippen LogP contribution < -0.4 is 5.73 Å². The van der Waals surface area contributed by atoms with Gasteiger partial charge in [-0.2, -0.15) is 0 Å². The van der Waals surface area contributed by atoms with Gasteiger partial charge in [0.2, 0.25) is 5.60 Å². The van der Waals surface area contributed by atoms with Crippen LogP contribution in [0.15, 0.2) is 11.1 Å². The van der Waals surface area contributed by atoms with Crippen LogP contribution in [0.1, 0.15) is 20.8 Å². The molecule has 1 heterocycles. The zero-order valence-corrected chi connectivity index (χ0v) is 7.30. The molecule has 4 nitrogen and oxygen atoms in total. The smallest absolute Gasteiger partial charge is 0.335 e. The lowest BCUT2D eigenvalue weighted by Crippen LogP contribution is -2.42. The highest BCUT2D eigenvalue weighted by atomic mass is 16.6. The summed E-state index contributed by atoms with van der Waals surface area (Å²) in [5.74, 6) is -1.10. The van der Waals surface area contributed by atoms with E-state index in [0.717, 1.165) is 0 Å². The van der Waals surface area contributed by atoms with Crippen molar-refractivity contribution in [2.75, 3.05) is 0 Å². The minimum atomic E-state index is -1.23. The molecule has 2 N–H and O–H groups in total. The fourth-order valence-corrected chi connectivity index (χ4v) is 1.08. The molecule has 0 saturated carbocycles. The lowest BCUT2D eigenvalue weighted by atomic mass is 9.95. The number of hydrogen-bond donors (Lipinski definition) is 1. The highest BCUT2D eigenvalue weighted by molar-refractivity contribution is 6.00. The average molecular weight is 169 g/mol. The van der Waals surface area contributed by atoms with Crippen LogP contribution in [-0.4, -0.2) is 17.5 Å². The zero-order chi connectivity index (χ0) is 9.52. The molecule has 0 aromatic rings. The third-order valence-electron chi connectivity index (χ3n) is 2.35. The summed E-state index contributed by atoms with van der Waals surface area (Å²) < 4.78 is 4.85. The first-order chi connectivity index (χ1) is 5.39. The van der Waals surface area contributed by atoms with Gasteiger partial charge in [-0.05, 0) is 26.3 Å². The van der Waals surface area contributed by atoms with Crippen molar-refractivity contribution in [3.63, 3.8) is 0 Å². The molecule has 1 amide bonds. The molecule has 1 rings (SSSR count). The third-order valence-corrected chi connectivity index (χ3v) is 2.35. The summed E-state index contributed by atoms with van der Waals surface area (Å²) >= 11 is 0. The molecule has 0 aromatic carbocycles. The molecule has 0 spiro atoms. The van der Waals surface area contributed by atoms with Crippen molar-refractivity contribution in [2.45, 2.75) is 26.4 Å². The van der Waals surface area contributed by atoms with Gasteiger partial charge in [-0.3, -0.25) is 4.79 Å². The number of nitrogens with two attached hydrogens (primary N) is 1. The van der Waals surface area contributed by atoms with Crippen LogP contribution in [0.2, 0.25) is 0 Å². The number of amides is 1. The van der Waals surface area contributed by atoms with Crippen LogP contribution in [0.4, 0.5) is 0 Å². The van der Waals surface area contributed by atoms with Gasteiger partial charge in [-0.25, -0.2) is 4.79 Å². The zero-order valence-electron chi connectivity index (χ0n) is 7.30. The number of carbonyl (C=O) groups is 2. The molecule has 0 unspecified atom stereocenters. The maximum atomic E-state index is 11.0. The summed E-state index contributed by atoms with van der Waals surface area (Å²) in [5.41, 5.74) is 4.93. The summed E-state index contributed by atoms with van der Waals surface area (Å²) in [6.45, 7) is 4.79. The van der Waals surface area contributed by atoms with E-state index in [0.29, 0.717) is 11.1 Å². The summed E-state index contributed by atoms with van der Waals surface area (Å²) in [7, 11) is 0. The summed E-state index contributed by atoms with van der Waals surface area (Å²) in [5, 5.41) is 0. The molecule has 0 aromatic heterocycles. The van der Waals surface area contributed by atoms with Gasteiger partial charge in [0.1, 0.15) is 0 Å². The number of esters is 1. The van der Waals surface area contributed by atoms with Crippen molar-refractivity contribution < 1.29 is 14.3 Å². The van der Waals surface area contributed by atoms with Crippen molar-refractivity contribution in [2.24, 2.45) is 5.73 Å². The van der Waals surface area contributed by atoms with Gasteiger partial charge in [0.25, 0.3) is 5.91 Å². The molecule has 0 bridgehead atoms. The largest absolute Gasteiger partial charge is 0.441 e. The molecule has 4 heteroatoms. The number of ether oxygens (including phenoxy) is 1. The number of carbonyl (C=O) groups excluding carboxylic acids is 2. The quantitative estimate of drug-likeness (QED) is 0.567. The Bertz CT molecular complexity index is 293. The van der Waals surface area contributed by atoms with E-state index >= 15 is 0 Å². The second-order valence-corrected chi connectivity index (χ2v) is 3.04. The number of rotatable bonds is 1. The van der Waals surface area contributed by atoms with Crippen LogP contribution in [0.25, 0.3) is 0 Å². The van der Waals surface area contributed by atoms with E-state index in [-0.39, 0.29) is 0 Å². The predicted octanol–water partition coefficient (Wildman–Crippen LogP) is 0.124. The monoisotopic (exact) mass is 169 g/mol. The minimum absolute atomic E-state index is 0.464. The fraction of sp³-hybridized carbons (Fsp3) is 0.500. The summed E-state index contributed by atoms with van der Waals surface area (Å²) in [6.07, 6.45) is 0. The second kappa shape index (κ2) is 2.33. The van der Waals surface area contributed by atoms with Crippen LogP contribution in [0.5, 0.6) is 0 Å². The maximum Gasteiger partial charge on any atom is 0.335 e. The van der Waals surface area contributed by atoms with Crippen LogP contribution in [0, 0.1) is 0 Å². The average Bonchev–Trinajstić information content (AvgIpc) is 2.17. The maximum absolute atomic E-state index is 11.0. The van der Waals surface area contributed by atoms with Gasteiger partial charge >= 0.3 is 5.97 Å². The first kappa shape index (κ1) is 8.77. The van der Waals surface area contributed by atoms with E-state index in [9.17, 15) is 9.59 Å². The van der Waals surface area contributed by atoms with E-state index in [4.69, 9.17) is 10.5 Å². The Balaban J connectivity index is 3.17. The molecule has 1 atom stereocenters. The van der Waals surface area contributed by atoms with Gasteiger partial charge in [-0.1, -0.05) is 0 Å². The van der Waals surface area contributed by atoms with E-state index in [2.05, 4.69) is 0 Å². The van der Waals surface area contributed by atoms with Gasteiger partial charge in [0, 0.05) is 5.57 Å².